The molecule has 20 heavy (non-hydrogen) atoms. The van der Waals surface area contributed by atoms with E-state index in [0.717, 1.165) is 3.97 Å². The minimum Gasteiger partial charge on any atom is -0.342 e. The molecule has 0 fully saturated rings. The molecule has 0 unspecified atom stereocenters. The third-order valence-electron chi connectivity index (χ3n) is 3.24. The Labute approximate surface area is 117 Å². The lowest BCUT2D eigenvalue weighted by atomic mass is 10.3. The lowest BCUT2D eigenvalue weighted by molar-refractivity contribution is 0.463. The Morgan fingerprint density at radius 3 is 2.65 bits per heavy atom. The smallest absolute Gasteiger partial charge is 0.342 e. The monoisotopic (exact) mass is 293 g/mol. The van der Waals surface area contributed by atoms with Crippen LogP contribution in [0.4, 0.5) is 5.95 Å². The molecule has 0 aliphatic carbocycles. The van der Waals surface area contributed by atoms with Crippen LogP contribution in [0.15, 0.2) is 28.7 Å². The molecule has 3 rings (SSSR count). The first-order valence-corrected chi connectivity index (χ1v) is 7.81. The normalized spacial score (nSPS) is 16.4. The zero-order valence-corrected chi connectivity index (χ0v) is 12.1. The summed E-state index contributed by atoms with van der Waals surface area (Å²) in [5.74, 6) is 0.598. The fourth-order valence-corrected chi connectivity index (χ4v) is 3.42. The Morgan fingerprint density at radius 1 is 1.25 bits per heavy atom. The van der Waals surface area contributed by atoms with E-state index in [1.165, 1.54) is 0 Å². The Balaban J connectivity index is 2.20. The van der Waals surface area contributed by atoms with Crippen molar-refractivity contribution in [3.63, 3.8) is 0 Å². The second-order valence-electron chi connectivity index (χ2n) is 4.38. The number of rotatable bonds is 2. The molecule has 0 atom stereocenters. The van der Waals surface area contributed by atoms with Gasteiger partial charge in [-0.05, 0) is 26.0 Å². The molecule has 0 saturated carbocycles. The lowest BCUT2D eigenvalue weighted by Gasteiger charge is -2.25. The summed E-state index contributed by atoms with van der Waals surface area (Å²) < 4.78 is 29.7. The molecule has 1 aromatic carbocycles. The highest BCUT2D eigenvalue weighted by Gasteiger charge is 2.29. The number of nitrogens with one attached hydrogen (secondary N) is 1. The number of hydrogen-bond acceptors (Lipinski definition) is 5. The number of guanidine groups is 1. The summed E-state index contributed by atoms with van der Waals surface area (Å²) in [5.41, 5.74) is 1.15. The lowest BCUT2D eigenvalue weighted by Crippen LogP contribution is -2.40. The number of imidazole rings is 1. The van der Waals surface area contributed by atoms with E-state index in [-0.39, 0.29) is 5.95 Å². The van der Waals surface area contributed by atoms with E-state index in [4.69, 9.17) is 0 Å². The van der Waals surface area contributed by atoms with Crippen molar-refractivity contribution in [2.24, 2.45) is 4.40 Å². The van der Waals surface area contributed by atoms with E-state index < -0.39 is 10.2 Å². The van der Waals surface area contributed by atoms with Gasteiger partial charge in [0, 0.05) is 13.1 Å². The molecule has 1 N–H and O–H groups in total. The molecule has 0 amide bonds. The van der Waals surface area contributed by atoms with E-state index in [2.05, 4.69) is 14.7 Å². The third-order valence-corrected chi connectivity index (χ3v) is 4.47. The summed E-state index contributed by atoms with van der Waals surface area (Å²) in [6, 6.07) is 7.08. The molecule has 2 heterocycles. The van der Waals surface area contributed by atoms with E-state index in [1.807, 2.05) is 24.8 Å². The average molecular weight is 293 g/mol. The molecule has 106 valence electrons. The van der Waals surface area contributed by atoms with Gasteiger partial charge in [0.15, 0.2) is 0 Å². The van der Waals surface area contributed by atoms with Crippen LogP contribution in [0.25, 0.3) is 11.0 Å². The molecule has 7 nitrogen and oxygen atoms in total. The molecule has 0 bridgehead atoms. The maximum atomic E-state index is 12.4. The summed E-state index contributed by atoms with van der Waals surface area (Å²) in [6.45, 7) is 5.21. The maximum absolute atomic E-state index is 12.4. The van der Waals surface area contributed by atoms with Gasteiger partial charge in [-0.1, -0.05) is 12.1 Å². The van der Waals surface area contributed by atoms with Crippen molar-refractivity contribution in [2.75, 3.05) is 18.4 Å². The molecule has 1 aliphatic heterocycles. The Morgan fingerprint density at radius 2 is 1.95 bits per heavy atom. The van der Waals surface area contributed by atoms with E-state index in [0.29, 0.717) is 30.1 Å². The van der Waals surface area contributed by atoms with Crippen molar-refractivity contribution >= 4 is 33.2 Å². The van der Waals surface area contributed by atoms with Gasteiger partial charge >= 0.3 is 10.2 Å². The number of hydrogen-bond donors (Lipinski definition) is 1. The summed E-state index contributed by atoms with van der Waals surface area (Å²) in [7, 11) is -3.80. The highest BCUT2D eigenvalue weighted by molar-refractivity contribution is 7.89. The Bertz CT molecular complexity index is 789. The first kappa shape index (κ1) is 12.9. The molecule has 1 aliphatic rings. The van der Waals surface area contributed by atoms with Gasteiger partial charge in [-0.2, -0.15) is 12.4 Å². The van der Waals surface area contributed by atoms with Crippen LogP contribution >= 0.6 is 0 Å². The molecule has 0 saturated heterocycles. The van der Waals surface area contributed by atoms with Crippen LogP contribution in [0.3, 0.4) is 0 Å². The third kappa shape index (κ3) is 1.83. The van der Waals surface area contributed by atoms with Crippen LogP contribution in [0, 0.1) is 0 Å². The van der Waals surface area contributed by atoms with Crippen LogP contribution in [-0.4, -0.2) is 41.3 Å². The van der Waals surface area contributed by atoms with Crippen LogP contribution in [0.5, 0.6) is 0 Å². The average Bonchev–Trinajstić information content (AvgIpc) is 2.78. The van der Waals surface area contributed by atoms with Crippen LogP contribution in [0.2, 0.25) is 0 Å². The summed E-state index contributed by atoms with van der Waals surface area (Å²) in [4.78, 5) is 6.15. The molecule has 0 spiro atoms. The van der Waals surface area contributed by atoms with Crippen molar-refractivity contribution < 1.29 is 8.42 Å². The largest absolute Gasteiger partial charge is 0.354 e. The van der Waals surface area contributed by atoms with Crippen LogP contribution in [-0.2, 0) is 10.2 Å². The number of benzene rings is 1. The van der Waals surface area contributed by atoms with E-state index in [1.54, 1.807) is 18.2 Å². The number of aromatic nitrogens is 2. The fourth-order valence-electron chi connectivity index (χ4n) is 2.25. The van der Waals surface area contributed by atoms with E-state index >= 15 is 0 Å². The Hall–Kier alpha value is -2.09. The number of para-hydroxylation sites is 2. The minimum absolute atomic E-state index is 0.281. The van der Waals surface area contributed by atoms with Gasteiger partial charge in [0.2, 0.25) is 11.9 Å². The standard InChI is InChI=1S/C12H15N5O2S/c1-3-16(4-2)12-14-11-13-9-7-5-6-8-10(9)17(11)20(18,19)15-12/h5-8H,3-4H2,1-2H3,(H,13,14,15). The highest BCUT2D eigenvalue weighted by atomic mass is 32.2. The summed E-state index contributed by atoms with van der Waals surface area (Å²) >= 11 is 0. The number of nitrogens with zero attached hydrogens (tertiary/aromatic N) is 4. The predicted octanol–water partition coefficient (Wildman–Crippen LogP) is 1.25. The molecule has 0 radical (unpaired) electrons. The molecule has 8 heteroatoms. The van der Waals surface area contributed by atoms with Crippen LogP contribution < -0.4 is 5.32 Å². The number of anilines is 1. The van der Waals surface area contributed by atoms with Gasteiger partial charge in [0.25, 0.3) is 0 Å². The van der Waals surface area contributed by atoms with Gasteiger partial charge in [-0.15, -0.1) is 4.40 Å². The summed E-state index contributed by atoms with van der Waals surface area (Å²) in [5, 5.41) is 2.99. The van der Waals surface area contributed by atoms with Crippen molar-refractivity contribution in [3.8, 4) is 0 Å². The predicted molar refractivity (Wildman–Crippen MR) is 78.0 cm³/mol. The quantitative estimate of drug-likeness (QED) is 0.901. The second-order valence-corrected chi connectivity index (χ2v) is 5.82. The second kappa shape index (κ2) is 4.48. The van der Waals surface area contributed by atoms with Crippen molar-refractivity contribution in [1.29, 1.82) is 0 Å². The fraction of sp³-hybridized carbons (Fsp3) is 0.333. The highest BCUT2D eigenvalue weighted by Crippen LogP contribution is 2.25. The van der Waals surface area contributed by atoms with Crippen molar-refractivity contribution in [2.45, 2.75) is 13.8 Å². The first-order chi connectivity index (χ1) is 9.56. The molecule has 2 aromatic rings. The van der Waals surface area contributed by atoms with Crippen LogP contribution in [0.1, 0.15) is 13.8 Å². The van der Waals surface area contributed by atoms with Crippen molar-refractivity contribution in [1.82, 2.24) is 13.9 Å². The van der Waals surface area contributed by atoms with Gasteiger partial charge in [0.1, 0.15) is 0 Å². The molecular weight excluding hydrogens is 278 g/mol. The van der Waals surface area contributed by atoms with Gasteiger partial charge in [0.05, 0.1) is 11.0 Å². The molecular formula is C12H15N5O2S. The zero-order chi connectivity index (χ0) is 14.3. The first-order valence-electron chi connectivity index (χ1n) is 6.41. The summed E-state index contributed by atoms with van der Waals surface area (Å²) in [6.07, 6.45) is 0. The number of fused-ring (bicyclic) bond motifs is 3. The topological polar surface area (TPSA) is 79.6 Å². The van der Waals surface area contributed by atoms with Gasteiger partial charge in [-0.3, -0.25) is 5.32 Å². The maximum Gasteiger partial charge on any atom is 0.354 e. The SMILES string of the molecule is CCN(CC)C1=NS(=O)(=O)n2c(nc3ccccc32)N1. The van der Waals surface area contributed by atoms with Gasteiger partial charge in [-0.25, -0.2) is 4.98 Å². The minimum atomic E-state index is -3.80. The van der Waals surface area contributed by atoms with Crippen molar-refractivity contribution in [3.05, 3.63) is 24.3 Å². The zero-order valence-electron chi connectivity index (χ0n) is 11.2. The Kier molecular flexibility index (Phi) is 2.89. The molecule has 1 aromatic heterocycles. The van der Waals surface area contributed by atoms with E-state index in [9.17, 15) is 8.42 Å². The van der Waals surface area contributed by atoms with Gasteiger partial charge < -0.3 is 4.90 Å².